The highest BCUT2D eigenvalue weighted by Crippen LogP contribution is 2.42. The average molecular weight is 469 g/mol. The van der Waals surface area contributed by atoms with Gasteiger partial charge in [-0.2, -0.15) is 0 Å². The second-order valence-electron chi connectivity index (χ2n) is 8.14. The van der Waals surface area contributed by atoms with Gasteiger partial charge in [0, 0.05) is 34.8 Å². The lowest BCUT2D eigenvalue weighted by atomic mass is 9.97. The smallest absolute Gasteiger partial charge is 0.336 e. The molecule has 34 heavy (non-hydrogen) atoms. The standard InChI is InChI=1S/C28H21ClN2O3/c1-16-3-8-21(13-22(16)28(32)33)34-27-17(2)23-14-24(25(29)15-26(23)31-27)20-6-4-18(5-7-20)19-9-11-30-12-10-19/h3-15,27,31H,2H2,1H3,(H,32,33). The molecule has 5 nitrogen and oxygen atoms in total. The normalized spacial score (nSPS) is 14.4. The van der Waals surface area contributed by atoms with Gasteiger partial charge in [0.15, 0.2) is 6.23 Å². The van der Waals surface area contributed by atoms with Gasteiger partial charge in [-0.1, -0.05) is 48.5 Å². The maximum atomic E-state index is 11.5. The number of nitrogens with one attached hydrogen (secondary N) is 1. The van der Waals surface area contributed by atoms with Crippen molar-refractivity contribution in [3.05, 3.63) is 107 Å². The van der Waals surface area contributed by atoms with E-state index in [1.807, 2.05) is 36.4 Å². The van der Waals surface area contributed by atoms with Gasteiger partial charge in [0.1, 0.15) is 5.75 Å². The van der Waals surface area contributed by atoms with Crippen LogP contribution in [-0.4, -0.2) is 22.3 Å². The second-order valence-corrected chi connectivity index (χ2v) is 8.55. The van der Waals surface area contributed by atoms with Gasteiger partial charge in [0.25, 0.3) is 0 Å². The van der Waals surface area contributed by atoms with Crippen LogP contribution in [0.5, 0.6) is 5.75 Å². The summed E-state index contributed by atoms with van der Waals surface area (Å²) in [5, 5.41) is 13.3. The number of carbonyl (C=O) groups is 1. The third-order valence-corrected chi connectivity index (χ3v) is 6.27. The molecule has 2 N–H and O–H groups in total. The van der Waals surface area contributed by atoms with Crippen molar-refractivity contribution in [2.24, 2.45) is 0 Å². The van der Waals surface area contributed by atoms with Gasteiger partial charge in [-0.05, 0) is 65.6 Å². The van der Waals surface area contributed by atoms with Gasteiger partial charge in [0.05, 0.1) is 10.6 Å². The highest BCUT2D eigenvalue weighted by Gasteiger charge is 2.28. The van der Waals surface area contributed by atoms with Crippen molar-refractivity contribution >= 4 is 28.8 Å². The monoisotopic (exact) mass is 468 g/mol. The first-order chi connectivity index (χ1) is 16.4. The molecule has 0 fully saturated rings. The Morgan fingerprint density at radius 2 is 1.65 bits per heavy atom. The van der Waals surface area contributed by atoms with Crippen LogP contribution in [0.15, 0.2) is 85.7 Å². The number of ether oxygens (including phenoxy) is 1. The number of anilines is 1. The van der Waals surface area contributed by atoms with Crippen molar-refractivity contribution in [2.45, 2.75) is 13.2 Å². The number of carboxylic acids is 1. The lowest BCUT2D eigenvalue weighted by Crippen LogP contribution is -2.22. The summed E-state index contributed by atoms with van der Waals surface area (Å²) in [5.74, 6) is -0.539. The van der Waals surface area contributed by atoms with E-state index in [1.54, 1.807) is 31.5 Å². The number of carboxylic acid groups (broad SMARTS) is 1. The van der Waals surface area contributed by atoms with Crippen LogP contribution in [-0.2, 0) is 0 Å². The highest BCUT2D eigenvalue weighted by molar-refractivity contribution is 6.34. The summed E-state index contributed by atoms with van der Waals surface area (Å²) in [5.41, 5.74) is 7.45. The van der Waals surface area contributed by atoms with E-state index in [0.717, 1.165) is 39.1 Å². The maximum Gasteiger partial charge on any atom is 0.336 e. The van der Waals surface area contributed by atoms with Crippen LogP contribution in [0.1, 0.15) is 21.5 Å². The minimum atomic E-state index is -0.990. The molecule has 4 aromatic rings. The third-order valence-electron chi connectivity index (χ3n) is 5.96. The minimum Gasteiger partial charge on any atom is -0.478 e. The van der Waals surface area contributed by atoms with Crippen LogP contribution in [0.2, 0.25) is 5.02 Å². The molecule has 1 aliphatic rings. The van der Waals surface area contributed by atoms with Gasteiger partial charge >= 0.3 is 5.97 Å². The Kier molecular flexibility index (Phi) is 5.56. The molecule has 0 amide bonds. The molecular weight excluding hydrogens is 448 g/mol. The van der Waals surface area contributed by atoms with Crippen LogP contribution in [0.3, 0.4) is 0 Å². The third kappa shape index (κ3) is 4.02. The first-order valence-corrected chi connectivity index (χ1v) is 11.1. The predicted octanol–water partition coefficient (Wildman–Crippen LogP) is 6.92. The summed E-state index contributed by atoms with van der Waals surface area (Å²) in [6, 6.07) is 21.0. The summed E-state index contributed by atoms with van der Waals surface area (Å²) in [6.07, 6.45) is 3.02. The molecule has 1 aromatic heterocycles. The van der Waals surface area contributed by atoms with Crippen LogP contribution in [0, 0.1) is 6.92 Å². The van der Waals surface area contributed by atoms with Gasteiger partial charge in [-0.15, -0.1) is 0 Å². The molecule has 1 aliphatic heterocycles. The van der Waals surface area contributed by atoms with E-state index in [0.29, 0.717) is 16.3 Å². The number of hydrogen-bond acceptors (Lipinski definition) is 4. The summed E-state index contributed by atoms with van der Waals surface area (Å²) in [6.45, 7) is 5.97. The van der Waals surface area contributed by atoms with Crippen molar-refractivity contribution < 1.29 is 14.6 Å². The van der Waals surface area contributed by atoms with Crippen molar-refractivity contribution in [3.8, 4) is 28.0 Å². The Bertz CT molecular complexity index is 1420. The van der Waals surface area contributed by atoms with Crippen LogP contribution in [0.25, 0.3) is 27.8 Å². The molecule has 168 valence electrons. The van der Waals surface area contributed by atoms with Crippen molar-refractivity contribution in [2.75, 3.05) is 5.32 Å². The molecule has 3 aromatic carbocycles. The zero-order valence-electron chi connectivity index (χ0n) is 18.4. The maximum absolute atomic E-state index is 11.5. The highest BCUT2D eigenvalue weighted by atomic mass is 35.5. The minimum absolute atomic E-state index is 0.208. The Balaban J connectivity index is 1.41. The number of nitrogens with zero attached hydrogens (tertiary/aromatic N) is 1. The average Bonchev–Trinajstić information content (AvgIpc) is 3.14. The lowest BCUT2D eigenvalue weighted by Gasteiger charge is -2.16. The predicted molar refractivity (Wildman–Crippen MR) is 135 cm³/mol. The molecule has 0 saturated carbocycles. The molecule has 0 aliphatic carbocycles. The number of halogens is 1. The van der Waals surface area contributed by atoms with E-state index in [1.165, 1.54) is 6.07 Å². The molecule has 2 heterocycles. The topological polar surface area (TPSA) is 71.5 Å². The summed E-state index contributed by atoms with van der Waals surface area (Å²) in [4.78, 5) is 15.5. The molecule has 1 atom stereocenters. The van der Waals surface area contributed by atoms with Gasteiger partial charge in [-0.25, -0.2) is 4.79 Å². The molecule has 6 heteroatoms. The van der Waals surface area contributed by atoms with E-state index >= 15 is 0 Å². The number of aryl methyl sites for hydroxylation is 1. The fourth-order valence-electron chi connectivity index (χ4n) is 4.08. The lowest BCUT2D eigenvalue weighted by molar-refractivity contribution is 0.0695. The number of pyridine rings is 1. The number of hydrogen-bond donors (Lipinski definition) is 2. The Hall–Kier alpha value is -4.09. The summed E-state index contributed by atoms with van der Waals surface area (Å²) in [7, 11) is 0. The molecule has 0 bridgehead atoms. The second kappa shape index (κ2) is 8.69. The Labute approximate surface area is 202 Å². The molecule has 0 radical (unpaired) electrons. The first-order valence-electron chi connectivity index (χ1n) is 10.7. The zero-order chi connectivity index (χ0) is 23.8. The number of rotatable bonds is 5. The summed E-state index contributed by atoms with van der Waals surface area (Å²) < 4.78 is 6.04. The number of benzene rings is 3. The fourth-order valence-corrected chi connectivity index (χ4v) is 4.35. The molecular formula is C28H21ClN2O3. The largest absolute Gasteiger partial charge is 0.478 e. The van der Waals surface area contributed by atoms with Gasteiger partial charge in [0.2, 0.25) is 0 Å². The molecule has 0 spiro atoms. The number of aromatic carboxylic acids is 1. The van der Waals surface area contributed by atoms with Gasteiger partial charge in [-0.3, -0.25) is 4.98 Å². The van der Waals surface area contributed by atoms with Gasteiger partial charge < -0.3 is 15.2 Å². The van der Waals surface area contributed by atoms with E-state index < -0.39 is 12.2 Å². The zero-order valence-corrected chi connectivity index (χ0v) is 19.1. The number of aromatic nitrogens is 1. The van der Waals surface area contributed by atoms with E-state index in [2.05, 4.69) is 29.0 Å². The first kappa shape index (κ1) is 21.7. The fraction of sp³-hybridized carbons (Fsp3) is 0.0714. The number of fused-ring (bicyclic) bond motifs is 1. The van der Waals surface area contributed by atoms with Crippen LogP contribution >= 0.6 is 11.6 Å². The quantitative estimate of drug-likeness (QED) is 0.332. The SMILES string of the molecule is C=C1c2cc(-c3ccc(-c4ccncc4)cc3)c(Cl)cc2NC1Oc1ccc(C)c(C(=O)O)c1. The Morgan fingerprint density at radius 3 is 2.35 bits per heavy atom. The van der Waals surface area contributed by atoms with Crippen LogP contribution < -0.4 is 10.1 Å². The molecule has 0 saturated heterocycles. The van der Waals surface area contributed by atoms with E-state index in [-0.39, 0.29) is 5.56 Å². The molecule has 5 rings (SSSR count). The van der Waals surface area contributed by atoms with Crippen LogP contribution in [0.4, 0.5) is 5.69 Å². The van der Waals surface area contributed by atoms with Crippen molar-refractivity contribution in [1.29, 1.82) is 0 Å². The van der Waals surface area contributed by atoms with Crippen molar-refractivity contribution in [3.63, 3.8) is 0 Å². The van der Waals surface area contributed by atoms with E-state index in [4.69, 9.17) is 16.3 Å². The van der Waals surface area contributed by atoms with E-state index in [9.17, 15) is 9.90 Å². The Morgan fingerprint density at radius 1 is 0.971 bits per heavy atom. The molecule has 1 unspecified atom stereocenters. The summed E-state index contributed by atoms with van der Waals surface area (Å²) >= 11 is 6.64. The van der Waals surface area contributed by atoms with Crippen molar-refractivity contribution in [1.82, 2.24) is 4.98 Å².